The van der Waals surface area contributed by atoms with Crippen LogP contribution in [0.5, 0.6) is 0 Å². The van der Waals surface area contributed by atoms with Gasteiger partial charge < -0.3 is 4.74 Å². The molecule has 5 nitrogen and oxygen atoms in total. The third-order valence-corrected chi connectivity index (χ3v) is 4.86. The average Bonchev–Trinajstić information content (AvgIpc) is 2.19. The van der Waals surface area contributed by atoms with Gasteiger partial charge in [0, 0.05) is 12.6 Å². The van der Waals surface area contributed by atoms with E-state index in [9.17, 15) is 8.42 Å². The highest BCUT2D eigenvalue weighted by Crippen LogP contribution is 2.17. The Balaban J connectivity index is 2.89. The van der Waals surface area contributed by atoms with Gasteiger partial charge in [0.2, 0.25) is 10.0 Å². The fraction of sp³-hybridized carbons (Fsp3) is 0.889. The molecule has 0 aromatic carbocycles. The van der Waals surface area contributed by atoms with Crippen molar-refractivity contribution in [2.24, 2.45) is 0 Å². The van der Waals surface area contributed by atoms with Gasteiger partial charge in [-0.25, -0.2) is 8.42 Å². The Morgan fingerprint density at radius 3 is 2.80 bits per heavy atom. The third kappa shape index (κ3) is 2.48. The fourth-order valence-electron chi connectivity index (χ4n) is 1.62. The maximum absolute atomic E-state index is 12.0. The number of hydrogen-bond donors (Lipinski definition) is 0. The van der Waals surface area contributed by atoms with Crippen LogP contribution in [-0.2, 0) is 14.8 Å². The minimum atomic E-state index is -3.48. The van der Waals surface area contributed by atoms with E-state index >= 15 is 0 Å². The van der Waals surface area contributed by atoms with E-state index in [1.54, 1.807) is 13.8 Å². The van der Waals surface area contributed by atoms with Crippen LogP contribution in [0.3, 0.4) is 0 Å². The molecule has 0 spiro atoms. The summed E-state index contributed by atoms with van der Waals surface area (Å²) in [5.41, 5.74) is 0. The summed E-state index contributed by atoms with van der Waals surface area (Å²) in [5, 5.41) is 7.86. The molecule has 0 aromatic rings. The Hall–Kier alpha value is -0.640. The summed E-state index contributed by atoms with van der Waals surface area (Å²) in [6.07, 6.45) is 0.322. The van der Waals surface area contributed by atoms with Gasteiger partial charge in [-0.2, -0.15) is 9.57 Å². The van der Waals surface area contributed by atoms with Gasteiger partial charge in [-0.15, -0.1) is 0 Å². The van der Waals surface area contributed by atoms with Crippen molar-refractivity contribution in [3.8, 4) is 6.07 Å². The molecular weight excluding hydrogens is 216 g/mol. The minimum Gasteiger partial charge on any atom is -0.378 e. The van der Waals surface area contributed by atoms with E-state index < -0.39 is 15.3 Å². The van der Waals surface area contributed by atoms with Gasteiger partial charge in [-0.3, -0.25) is 0 Å². The fourth-order valence-corrected chi connectivity index (χ4v) is 3.39. The number of hydrogen-bond acceptors (Lipinski definition) is 4. The van der Waals surface area contributed by atoms with Crippen molar-refractivity contribution < 1.29 is 13.2 Å². The van der Waals surface area contributed by atoms with E-state index in [1.807, 2.05) is 6.07 Å². The van der Waals surface area contributed by atoms with Gasteiger partial charge in [0.05, 0.1) is 19.3 Å². The first kappa shape index (κ1) is 12.4. The van der Waals surface area contributed by atoms with E-state index in [0.29, 0.717) is 26.2 Å². The van der Waals surface area contributed by atoms with Crippen LogP contribution in [0.4, 0.5) is 0 Å². The molecule has 2 atom stereocenters. The summed E-state index contributed by atoms with van der Waals surface area (Å²) in [6, 6.07) is 1.66. The molecule has 0 saturated carbocycles. The van der Waals surface area contributed by atoms with E-state index in [0.717, 1.165) is 0 Å². The van der Waals surface area contributed by atoms with Gasteiger partial charge in [0.25, 0.3) is 0 Å². The van der Waals surface area contributed by atoms with Crippen LogP contribution in [0.2, 0.25) is 0 Å². The van der Waals surface area contributed by atoms with E-state index in [4.69, 9.17) is 10.00 Å². The predicted octanol–water partition coefficient (Wildman–Crippen LogP) is 0.339. The SMILES string of the molecule is CCC(C#N)S(=O)(=O)N1CCOCC1C. The topological polar surface area (TPSA) is 70.4 Å². The van der Waals surface area contributed by atoms with Gasteiger partial charge in [-0.05, 0) is 13.3 Å². The highest BCUT2D eigenvalue weighted by molar-refractivity contribution is 7.90. The maximum Gasteiger partial charge on any atom is 0.230 e. The Morgan fingerprint density at radius 2 is 2.33 bits per heavy atom. The van der Waals surface area contributed by atoms with Crippen molar-refractivity contribution in [2.45, 2.75) is 31.6 Å². The molecule has 0 bridgehead atoms. The Bertz CT molecular complexity index is 347. The van der Waals surface area contributed by atoms with Gasteiger partial charge >= 0.3 is 0 Å². The lowest BCUT2D eigenvalue weighted by molar-refractivity contribution is 0.0390. The van der Waals surface area contributed by atoms with Gasteiger partial charge in [0.15, 0.2) is 5.25 Å². The van der Waals surface area contributed by atoms with E-state index in [1.165, 1.54) is 4.31 Å². The molecule has 0 amide bonds. The first-order chi connectivity index (χ1) is 7.04. The lowest BCUT2D eigenvalue weighted by Gasteiger charge is -2.33. The van der Waals surface area contributed by atoms with Crippen molar-refractivity contribution in [3.05, 3.63) is 0 Å². The summed E-state index contributed by atoms with van der Waals surface area (Å²) in [5.74, 6) is 0. The molecule has 0 aromatic heterocycles. The molecule has 0 aliphatic carbocycles. The predicted molar refractivity (Wildman–Crippen MR) is 55.6 cm³/mol. The first-order valence-electron chi connectivity index (χ1n) is 5.02. The van der Waals surface area contributed by atoms with Crippen LogP contribution >= 0.6 is 0 Å². The maximum atomic E-state index is 12.0. The number of nitrogens with zero attached hydrogens (tertiary/aromatic N) is 2. The molecule has 1 fully saturated rings. The number of sulfonamides is 1. The Labute approximate surface area is 90.7 Å². The van der Waals surface area contributed by atoms with Crippen LogP contribution in [-0.4, -0.2) is 43.8 Å². The summed E-state index contributed by atoms with van der Waals surface area (Å²) in [4.78, 5) is 0. The zero-order valence-electron chi connectivity index (χ0n) is 9.01. The molecule has 1 aliphatic heterocycles. The molecule has 1 aliphatic rings. The molecule has 6 heteroatoms. The number of ether oxygens (including phenoxy) is 1. The second kappa shape index (κ2) is 4.92. The summed E-state index contributed by atoms with van der Waals surface area (Å²) < 4.78 is 30.6. The second-order valence-electron chi connectivity index (χ2n) is 3.61. The average molecular weight is 232 g/mol. The minimum absolute atomic E-state index is 0.175. The van der Waals surface area contributed by atoms with Crippen LogP contribution in [0.25, 0.3) is 0 Å². The van der Waals surface area contributed by atoms with Crippen LogP contribution < -0.4 is 0 Å². The standard InChI is InChI=1S/C9H16N2O3S/c1-3-9(6-10)15(12,13)11-4-5-14-7-8(11)2/h8-9H,3-5,7H2,1-2H3. The number of nitriles is 1. The Kier molecular flexibility index (Phi) is 4.08. The normalized spacial score (nSPS) is 25.8. The van der Waals surface area contributed by atoms with E-state index in [2.05, 4.69) is 0 Å². The Morgan fingerprint density at radius 1 is 1.67 bits per heavy atom. The molecule has 86 valence electrons. The van der Waals surface area contributed by atoms with Crippen molar-refractivity contribution in [2.75, 3.05) is 19.8 Å². The highest BCUT2D eigenvalue weighted by atomic mass is 32.2. The molecule has 1 heterocycles. The van der Waals surface area contributed by atoms with Crippen LogP contribution in [0.1, 0.15) is 20.3 Å². The summed E-state index contributed by atoms with van der Waals surface area (Å²) >= 11 is 0. The highest BCUT2D eigenvalue weighted by Gasteiger charge is 2.35. The van der Waals surface area contributed by atoms with Gasteiger partial charge in [-0.1, -0.05) is 6.92 Å². The zero-order chi connectivity index (χ0) is 11.5. The lowest BCUT2D eigenvalue weighted by atomic mass is 10.3. The van der Waals surface area contributed by atoms with Crippen LogP contribution in [0, 0.1) is 11.3 Å². The van der Waals surface area contributed by atoms with Gasteiger partial charge in [0.1, 0.15) is 0 Å². The molecule has 2 unspecified atom stereocenters. The summed E-state index contributed by atoms with van der Waals surface area (Å²) in [7, 11) is -3.48. The molecule has 0 N–H and O–H groups in total. The van der Waals surface area contributed by atoms with Crippen molar-refractivity contribution in [1.29, 1.82) is 5.26 Å². The molecular formula is C9H16N2O3S. The lowest BCUT2D eigenvalue weighted by Crippen LogP contribution is -2.50. The quantitative estimate of drug-likeness (QED) is 0.703. The first-order valence-corrected chi connectivity index (χ1v) is 6.52. The van der Waals surface area contributed by atoms with Crippen LogP contribution in [0.15, 0.2) is 0 Å². The van der Waals surface area contributed by atoms with Crippen molar-refractivity contribution in [3.63, 3.8) is 0 Å². The third-order valence-electron chi connectivity index (χ3n) is 2.51. The van der Waals surface area contributed by atoms with Crippen molar-refractivity contribution >= 4 is 10.0 Å². The summed E-state index contributed by atoms with van der Waals surface area (Å²) in [6.45, 7) is 4.66. The molecule has 1 saturated heterocycles. The second-order valence-corrected chi connectivity index (χ2v) is 5.67. The molecule has 0 radical (unpaired) electrons. The smallest absolute Gasteiger partial charge is 0.230 e. The molecule has 15 heavy (non-hydrogen) atoms. The zero-order valence-corrected chi connectivity index (χ0v) is 9.83. The molecule has 1 rings (SSSR count). The van der Waals surface area contributed by atoms with E-state index in [-0.39, 0.29) is 6.04 Å². The van der Waals surface area contributed by atoms with Crippen molar-refractivity contribution in [1.82, 2.24) is 4.31 Å². The number of rotatable bonds is 3. The monoisotopic (exact) mass is 232 g/mol. The number of morpholine rings is 1. The largest absolute Gasteiger partial charge is 0.378 e.